The van der Waals surface area contributed by atoms with Gasteiger partial charge in [0.25, 0.3) is 0 Å². The van der Waals surface area contributed by atoms with Gasteiger partial charge in [0.15, 0.2) is 0 Å². The fourth-order valence-corrected chi connectivity index (χ4v) is 7.36. The van der Waals surface area contributed by atoms with Gasteiger partial charge in [0.05, 0.1) is 12.2 Å². The first-order valence-electron chi connectivity index (χ1n) is 10.6. The number of aliphatic hydroxyl groups is 2. The van der Waals surface area contributed by atoms with Crippen LogP contribution >= 0.6 is 0 Å². The first kappa shape index (κ1) is 19.9. The topological polar surface area (TPSA) is 66.8 Å². The van der Waals surface area contributed by atoms with Crippen LogP contribution in [0, 0.1) is 40.7 Å². The third-order valence-electron chi connectivity index (χ3n) is 8.72. The molecule has 4 aliphatic rings. The van der Waals surface area contributed by atoms with E-state index in [9.17, 15) is 19.4 Å². The van der Waals surface area contributed by atoms with E-state index in [1.807, 2.05) is 0 Å². The predicted molar refractivity (Wildman–Crippen MR) is 102 cm³/mol. The number of carbonyl (C=O) groups is 1. The molecule has 0 heterocycles. The van der Waals surface area contributed by atoms with Gasteiger partial charge in [0.2, 0.25) is 0 Å². The Balaban J connectivity index is 1.68. The van der Waals surface area contributed by atoms with Crippen LogP contribution in [-0.4, -0.2) is 34.5 Å². The Morgan fingerprint density at radius 1 is 1.18 bits per heavy atom. The van der Waals surface area contributed by atoms with Crippen molar-refractivity contribution >= 4 is 5.97 Å². The summed E-state index contributed by atoms with van der Waals surface area (Å²) in [5.41, 5.74) is 1.45. The highest BCUT2D eigenvalue weighted by Gasteiger charge is 2.62. The summed E-state index contributed by atoms with van der Waals surface area (Å²) in [6.45, 7) is 5.82. The van der Waals surface area contributed by atoms with E-state index in [0.717, 1.165) is 37.7 Å². The molecule has 0 radical (unpaired) electrons. The highest BCUT2D eigenvalue weighted by molar-refractivity contribution is 5.66. The first-order chi connectivity index (χ1) is 13.2. The number of carbonyl (C=O) groups excluding carboxylic acids is 1. The van der Waals surface area contributed by atoms with Gasteiger partial charge in [0, 0.05) is 17.9 Å². The number of esters is 1. The smallest absolute Gasteiger partial charge is 0.302 e. The lowest BCUT2D eigenvalue weighted by Gasteiger charge is -2.58. The molecule has 0 spiro atoms. The molecule has 0 saturated heterocycles. The molecule has 4 aliphatic carbocycles. The maximum Gasteiger partial charge on any atom is 0.302 e. The molecule has 3 saturated carbocycles. The number of allylic oxidation sites excluding steroid dienone is 1. The second-order valence-electron chi connectivity index (χ2n) is 9.87. The molecule has 0 bridgehead atoms. The SMILES string of the molecule is CC(=O)OC1C[C@H]2[C@@H]3CCC4=C(C#CF)C(O)CC[C@]4(C)[C@@H]3CC[C@]2(C)C1O. The molecule has 0 aliphatic heterocycles. The summed E-state index contributed by atoms with van der Waals surface area (Å²) >= 11 is 0. The highest BCUT2D eigenvalue weighted by Crippen LogP contribution is 2.66. The normalized spacial score (nSPS) is 47.4. The lowest BCUT2D eigenvalue weighted by atomic mass is 9.46. The summed E-state index contributed by atoms with van der Waals surface area (Å²) in [5.74, 6) is 3.41. The van der Waals surface area contributed by atoms with Crippen molar-refractivity contribution in [3.05, 3.63) is 11.1 Å². The summed E-state index contributed by atoms with van der Waals surface area (Å²) in [7, 11) is 0. The maximum absolute atomic E-state index is 12.8. The molecule has 8 atom stereocenters. The van der Waals surface area contributed by atoms with Crippen molar-refractivity contribution < 1.29 is 24.1 Å². The Morgan fingerprint density at radius 3 is 2.61 bits per heavy atom. The highest BCUT2D eigenvalue weighted by atomic mass is 19.1. The number of aliphatic hydroxyl groups excluding tert-OH is 2. The fraction of sp³-hybridized carbons (Fsp3) is 0.783. The van der Waals surface area contributed by atoms with E-state index in [1.165, 1.54) is 13.1 Å². The molecule has 154 valence electrons. The van der Waals surface area contributed by atoms with E-state index in [0.29, 0.717) is 36.2 Å². The molecule has 28 heavy (non-hydrogen) atoms. The second kappa shape index (κ2) is 6.85. The molecular formula is C23H31FO4. The van der Waals surface area contributed by atoms with Gasteiger partial charge in [-0.2, -0.15) is 0 Å². The average Bonchev–Trinajstić information content (AvgIpc) is 2.89. The van der Waals surface area contributed by atoms with Crippen LogP contribution in [0.25, 0.3) is 0 Å². The van der Waals surface area contributed by atoms with Crippen molar-refractivity contribution in [2.75, 3.05) is 0 Å². The molecule has 3 unspecified atom stereocenters. The number of rotatable bonds is 1. The number of fused-ring (bicyclic) bond motifs is 5. The van der Waals surface area contributed by atoms with Crippen LogP contribution in [0.3, 0.4) is 0 Å². The van der Waals surface area contributed by atoms with Crippen LogP contribution in [0.5, 0.6) is 0 Å². The summed E-state index contributed by atoms with van der Waals surface area (Å²) in [6.07, 6.45) is 5.71. The third-order valence-corrected chi connectivity index (χ3v) is 8.72. The van der Waals surface area contributed by atoms with E-state index in [1.54, 1.807) is 0 Å². The number of halogens is 1. The van der Waals surface area contributed by atoms with Crippen LogP contribution in [0.1, 0.15) is 65.7 Å². The van der Waals surface area contributed by atoms with Gasteiger partial charge >= 0.3 is 5.97 Å². The fourth-order valence-electron chi connectivity index (χ4n) is 7.36. The Bertz CT molecular complexity index is 764. The molecule has 0 aromatic heterocycles. The van der Waals surface area contributed by atoms with Gasteiger partial charge in [-0.1, -0.05) is 13.8 Å². The number of ether oxygens (including phenoxy) is 1. The third kappa shape index (κ3) is 2.75. The van der Waals surface area contributed by atoms with E-state index in [2.05, 4.69) is 19.8 Å². The van der Waals surface area contributed by atoms with Crippen LogP contribution in [0.4, 0.5) is 4.39 Å². The van der Waals surface area contributed by atoms with Crippen molar-refractivity contribution in [1.29, 1.82) is 0 Å². The molecule has 5 heteroatoms. The van der Waals surface area contributed by atoms with Gasteiger partial charge in [-0.25, -0.2) is 0 Å². The molecule has 2 N–H and O–H groups in total. The van der Waals surface area contributed by atoms with Crippen molar-refractivity contribution in [3.8, 4) is 12.1 Å². The van der Waals surface area contributed by atoms with Crippen molar-refractivity contribution in [1.82, 2.24) is 0 Å². The quantitative estimate of drug-likeness (QED) is 0.531. The Labute approximate surface area is 166 Å². The summed E-state index contributed by atoms with van der Waals surface area (Å²) in [4.78, 5) is 11.5. The Hall–Kier alpha value is -1.38. The van der Waals surface area contributed by atoms with E-state index >= 15 is 0 Å². The zero-order valence-corrected chi connectivity index (χ0v) is 17.0. The van der Waals surface area contributed by atoms with Crippen molar-refractivity contribution in [2.45, 2.75) is 84.0 Å². The predicted octanol–water partition coefficient (Wildman–Crippen LogP) is 3.51. The second-order valence-corrected chi connectivity index (χ2v) is 9.87. The zero-order chi connectivity index (χ0) is 20.3. The average molecular weight is 390 g/mol. The van der Waals surface area contributed by atoms with Gasteiger partial charge in [-0.3, -0.25) is 4.79 Å². The van der Waals surface area contributed by atoms with E-state index in [4.69, 9.17) is 4.74 Å². The zero-order valence-electron chi connectivity index (χ0n) is 17.0. The molecule has 3 fully saturated rings. The van der Waals surface area contributed by atoms with E-state index in [-0.39, 0.29) is 16.8 Å². The maximum atomic E-state index is 12.8. The molecule has 4 nitrogen and oxygen atoms in total. The molecular weight excluding hydrogens is 359 g/mol. The standard InChI is InChI=1S/C23H31FO4/c1-13(25)28-20-12-18-14-4-5-16-15(8-11-24)19(26)7-10-22(16,2)17(14)6-9-23(18,3)21(20)27/h14,17-21,26-27H,4-7,9-10,12H2,1-3H3/t14-,17-,18+,19?,20?,21?,22+,23+/m1/s1. The molecule has 0 aromatic rings. The first-order valence-corrected chi connectivity index (χ1v) is 10.6. The van der Waals surface area contributed by atoms with Gasteiger partial charge in [-0.05, 0) is 79.6 Å². The van der Waals surface area contributed by atoms with Gasteiger partial charge in [-0.15, -0.1) is 4.39 Å². The Morgan fingerprint density at radius 2 is 1.93 bits per heavy atom. The number of hydrogen-bond acceptors (Lipinski definition) is 4. The van der Waals surface area contributed by atoms with Crippen LogP contribution in [0.15, 0.2) is 11.1 Å². The molecule has 0 aromatic carbocycles. The monoisotopic (exact) mass is 390 g/mol. The minimum Gasteiger partial charge on any atom is -0.460 e. The van der Waals surface area contributed by atoms with Crippen LogP contribution in [0.2, 0.25) is 0 Å². The van der Waals surface area contributed by atoms with Crippen molar-refractivity contribution in [2.24, 2.45) is 28.6 Å². The molecule has 4 rings (SSSR count). The largest absolute Gasteiger partial charge is 0.460 e. The molecule has 0 amide bonds. The summed E-state index contributed by atoms with van der Waals surface area (Å²) < 4.78 is 18.3. The summed E-state index contributed by atoms with van der Waals surface area (Å²) in [6, 6.07) is 0. The van der Waals surface area contributed by atoms with Gasteiger partial charge < -0.3 is 14.9 Å². The van der Waals surface area contributed by atoms with Crippen molar-refractivity contribution in [3.63, 3.8) is 0 Å². The van der Waals surface area contributed by atoms with E-state index < -0.39 is 18.3 Å². The van der Waals surface area contributed by atoms with Crippen LogP contribution < -0.4 is 0 Å². The number of hydrogen-bond donors (Lipinski definition) is 2. The lowest BCUT2D eigenvalue weighted by molar-refractivity contribution is -0.153. The van der Waals surface area contributed by atoms with Crippen LogP contribution in [-0.2, 0) is 9.53 Å². The van der Waals surface area contributed by atoms with Gasteiger partial charge in [0.1, 0.15) is 12.3 Å². The summed E-state index contributed by atoms with van der Waals surface area (Å²) in [5, 5.41) is 21.3. The Kier molecular flexibility index (Phi) is 4.87. The minimum absolute atomic E-state index is 0.0763. The lowest BCUT2D eigenvalue weighted by Crippen LogP contribution is -2.52. The minimum atomic E-state index is -0.654.